The van der Waals surface area contributed by atoms with Crippen molar-refractivity contribution >= 4 is 16.7 Å². The topological polar surface area (TPSA) is 42.2 Å². The van der Waals surface area contributed by atoms with Crippen LogP contribution in [0, 0.1) is 18.6 Å². The Morgan fingerprint density at radius 2 is 1.81 bits per heavy atom. The van der Waals surface area contributed by atoms with Gasteiger partial charge in [0.2, 0.25) is 0 Å². The van der Waals surface area contributed by atoms with Crippen molar-refractivity contribution in [2.75, 3.05) is 0 Å². The number of Topliss-reactive ketones (excluding diaryl/α,β-unsaturated/α-hetero) is 1. The lowest BCUT2D eigenvalue weighted by Gasteiger charge is -2.08. The predicted octanol–water partition coefficient (Wildman–Crippen LogP) is 5.55. The molecule has 3 aromatic rings. The van der Waals surface area contributed by atoms with Crippen LogP contribution in [0.5, 0.6) is 5.75 Å². The molecule has 0 aliphatic carbocycles. The van der Waals surface area contributed by atoms with Crippen LogP contribution in [0.15, 0.2) is 36.4 Å². The van der Waals surface area contributed by atoms with E-state index in [9.17, 15) is 18.7 Å². The molecule has 0 saturated heterocycles. The maximum Gasteiger partial charge on any atom is 0.165 e. The van der Waals surface area contributed by atoms with Gasteiger partial charge in [-0.1, -0.05) is 13.3 Å². The van der Waals surface area contributed by atoms with Gasteiger partial charge >= 0.3 is 0 Å². The number of ketones is 1. The Labute approximate surface area is 157 Å². The molecule has 0 aliphatic rings. The number of fused-ring (bicyclic) bond motifs is 1. The number of aromatic nitrogens is 1. The second kappa shape index (κ2) is 7.91. The molecule has 0 bridgehead atoms. The van der Waals surface area contributed by atoms with Gasteiger partial charge in [-0.05, 0) is 55.7 Å². The Morgan fingerprint density at radius 3 is 2.48 bits per heavy atom. The maximum atomic E-state index is 13.4. The highest BCUT2D eigenvalue weighted by Crippen LogP contribution is 2.30. The van der Waals surface area contributed by atoms with Crippen LogP contribution in [0.4, 0.5) is 8.78 Å². The molecule has 1 heterocycles. The first-order chi connectivity index (χ1) is 12.9. The van der Waals surface area contributed by atoms with Crippen molar-refractivity contribution in [1.82, 2.24) is 4.57 Å². The number of aromatic hydroxyl groups is 1. The predicted molar refractivity (Wildman–Crippen MR) is 102 cm³/mol. The molecule has 0 atom stereocenters. The minimum Gasteiger partial charge on any atom is -0.508 e. The fourth-order valence-electron chi connectivity index (χ4n) is 3.56. The number of phenols is 1. The average molecular weight is 371 g/mol. The normalized spacial score (nSPS) is 11.3. The quantitative estimate of drug-likeness (QED) is 0.553. The van der Waals surface area contributed by atoms with Crippen LogP contribution >= 0.6 is 0 Å². The molecule has 5 heteroatoms. The van der Waals surface area contributed by atoms with E-state index in [4.69, 9.17) is 0 Å². The summed E-state index contributed by atoms with van der Waals surface area (Å²) in [6.45, 7) is 4.81. The molecule has 0 radical (unpaired) electrons. The maximum absolute atomic E-state index is 13.4. The van der Waals surface area contributed by atoms with E-state index < -0.39 is 11.6 Å². The van der Waals surface area contributed by atoms with E-state index in [1.165, 1.54) is 12.1 Å². The van der Waals surface area contributed by atoms with Gasteiger partial charge in [0.25, 0.3) is 0 Å². The van der Waals surface area contributed by atoms with Crippen molar-refractivity contribution in [3.8, 4) is 5.75 Å². The fourth-order valence-corrected chi connectivity index (χ4v) is 3.56. The van der Waals surface area contributed by atoms with Crippen molar-refractivity contribution in [2.24, 2.45) is 0 Å². The summed E-state index contributed by atoms with van der Waals surface area (Å²) in [6, 6.07) is 8.37. The summed E-state index contributed by atoms with van der Waals surface area (Å²) in [4.78, 5) is 12.9. The molecule has 0 fully saturated rings. The molecular formula is C22H23F2NO2. The molecular weight excluding hydrogens is 348 g/mol. The van der Waals surface area contributed by atoms with Crippen molar-refractivity contribution in [3.63, 3.8) is 0 Å². The standard InChI is InChI=1S/C22H23F2NO2/c1-3-4-9-25-14(2)22(19-13-18(26)6-7-20(19)25)21(27)8-5-15-10-16(23)12-17(24)11-15/h6-7,10-13,26H,3-5,8-9H2,1-2H3. The number of benzene rings is 2. The number of nitrogens with zero attached hydrogens (tertiary/aromatic N) is 1. The lowest BCUT2D eigenvalue weighted by molar-refractivity contribution is 0.0983. The zero-order valence-electron chi connectivity index (χ0n) is 15.6. The van der Waals surface area contributed by atoms with Crippen molar-refractivity contribution in [1.29, 1.82) is 0 Å². The second-order valence-corrected chi connectivity index (χ2v) is 6.87. The largest absolute Gasteiger partial charge is 0.508 e. The van der Waals surface area contributed by atoms with E-state index in [-0.39, 0.29) is 24.4 Å². The molecule has 0 aliphatic heterocycles. The van der Waals surface area contributed by atoms with E-state index >= 15 is 0 Å². The van der Waals surface area contributed by atoms with E-state index in [1.807, 2.05) is 13.0 Å². The molecule has 142 valence electrons. The highest BCUT2D eigenvalue weighted by molar-refractivity contribution is 6.09. The van der Waals surface area contributed by atoms with E-state index in [0.29, 0.717) is 11.1 Å². The highest BCUT2D eigenvalue weighted by atomic mass is 19.1. The van der Waals surface area contributed by atoms with Gasteiger partial charge in [0.05, 0.1) is 0 Å². The summed E-state index contributed by atoms with van der Waals surface area (Å²) in [7, 11) is 0. The van der Waals surface area contributed by atoms with E-state index in [2.05, 4.69) is 11.5 Å². The van der Waals surface area contributed by atoms with Gasteiger partial charge < -0.3 is 9.67 Å². The molecule has 0 unspecified atom stereocenters. The SMILES string of the molecule is CCCCn1c(C)c(C(=O)CCc2cc(F)cc(F)c2)c2cc(O)ccc21. The van der Waals surface area contributed by atoms with Gasteiger partial charge in [0.1, 0.15) is 17.4 Å². The van der Waals surface area contributed by atoms with Crippen molar-refractivity contribution < 1.29 is 18.7 Å². The number of phenolic OH excluding ortho intramolecular Hbond substituents is 1. The summed E-state index contributed by atoms with van der Waals surface area (Å²) in [6.07, 6.45) is 2.42. The van der Waals surface area contributed by atoms with E-state index in [0.717, 1.165) is 42.0 Å². The zero-order chi connectivity index (χ0) is 19.6. The van der Waals surface area contributed by atoms with Gasteiger partial charge in [-0.3, -0.25) is 4.79 Å². The molecule has 1 N–H and O–H groups in total. The number of aryl methyl sites for hydroxylation is 2. The third-order valence-corrected chi connectivity index (χ3v) is 4.88. The van der Waals surface area contributed by atoms with Gasteiger partial charge in [0.15, 0.2) is 5.78 Å². The second-order valence-electron chi connectivity index (χ2n) is 6.87. The number of hydrogen-bond acceptors (Lipinski definition) is 2. The Morgan fingerprint density at radius 1 is 1.11 bits per heavy atom. The molecule has 2 aromatic carbocycles. The Kier molecular flexibility index (Phi) is 5.59. The summed E-state index contributed by atoms with van der Waals surface area (Å²) in [5.74, 6) is -1.27. The Hall–Kier alpha value is -2.69. The van der Waals surface area contributed by atoms with Gasteiger partial charge in [-0.2, -0.15) is 0 Å². The minimum atomic E-state index is -0.644. The van der Waals surface area contributed by atoms with Gasteiger partial charge in [-0.25, -0.2) is 8.78 Å². The Bertz CT molecular complexity index is 971. The monoisotopic (exact) mass is 371 g/mol. The minimum absolute atomic E-state index is 0.0944. The molecule has 1 aromatic heterocycles. The number of carbonyl (C=O) groups excluding carboxylic acids is 1. The summed E-state index contributed by atoms with van der Waals surface area (Å²) >= 11 is 0. The number of hydrogen-bond donors (Lipinski definition) is 1. The number of carbonyl (C=O) groups is 1. The smallest absolute Gasteiger partial charge is 0.165 e. The van der Waals surface area contributed by atoms with Crippen LogP contribution in [-0.4, -0.2) is 15.5 Å². The Balaban J connectivity index is 1.93. The van der Waals surface area contributed by atoms with Crippen LogP contribution in [0.2, 0.25) is 0 Å². The third kappa shape index (κ3) is 4.02. The first-order valence-corrected chi connectivity index (χ1v) is 9.20. The lowest BCUT2D eigenvalue weighted by Crippen LogP contribution is -2.06. The highest BCUT2D eigenvalue weighted by Gasteiger charge is 2.20. The molecule has 0 spiro atoms. The summed E-state index contributed by atoms with van der Waals surface area (Å²) < 4.78 is 28.8. The summed E-state index contributed by atoms with van der Waals surface area (Å²) in [5.41, 5.74) is 2.81. The van der Waals surface area contributed by atoms with Gasteiger partial charge in [0, 0.05) is 41.2 Å². The van der Waals surface area contributed by atoms with Crippen molar-refractivity contribution in [2.45, 2.75) is 46.1 Å². The first-order valence-electron chi connectivity index (χ1n) is 9.20. The van der Waals surface area contributed by atoms with Crippen LogP contribution in [0.3, 0.4) is 0 Å². The van der Waals surface area contributed by atoms with E-state index in [1.54, 1.807) is 12.1 Å². The third-order valence-electron chi connectivity index (χ3n) is 4.88. The average Bonchev–Trinajstić information content (AvgIpc) is 2.87. The first kappa shape index (κ1) is 19.1. The lowest BCUT2D eigenvalue weighted by atomic mass is 10.00. The number of unbranched alkanes of at least 4 members (excludes halogenated alkanes) is 1. The van der Waals surface area contributed by atoms with Crippen LogP contribution in [0.25, 0.3) is 10.9 Å². The van der Waals surface area contributed by atoms with Crippen LogP contribution in [-0.2, 0) is 13.0 Å². The molecule has 3 rings (SSSR count). The van der Waals surface area contributed by atoms with Crippen molar-refractivity contribution in [3.05, 3.63) is 64.9 Å². The number of halogens is 2. The molecule has 0 amide bonds. The van der Waals surface area contributed by atoms with Gasteiger partial charge in [-0.15, -0.1) is 0 Å². The van der Waals surface area contributed by atoms with Crippen LogP contribution in [0.1, 0.15) is 47.8 Å². The molecule has 0 saturated carbocycles. The fraction of sp³-hybridized carbons (Fsp3) is 0.318. The molecule has 3 nitrogen and oxygen atoms in total. The molecule has 27 heavy (non-hydrogen) atoms. The number of rotatable bonds is 7. The van der Waals surface area contributed by atoms with Crippen LogP contribution < -0.4 is 0 Å². The summed E-state index contributed by atoms with van der Waals surface area (Å²) in [5, 5.41) is 10.6. The zero-order valence-corrected chi connectivity index (χ0v) is 15.6.